The monoisotopic (exact) mass is 306 g/mol. The number of hydrogen-bond donors (Lipinski definition) is 0. The number of ketones is 1. The molecule has 17 heavy (non-hydrogen) atoms. The molecule has 0 aliphatic rings. The Balaban J connectivity index is 3.28. The van der Waals surface area contributed by atoms with Crippen molar-refractivity contribution in [3.05, 3.63) is 33.3 Å². The molecule has 0 radical (unpaired) electrons. The Kier molecular flexibility index (Phi) is 4.34. The van der Waals surface area contributed by atoms with Crippen molar-refractivity contribution in [3.8, 4) is 0 Å². The van der Waals surface area contributed by atoms with Crippen LogP contribution in [0.2, 0.25) is 0 Å². The van der Waals surface area contributed by atoms with Gasteiger partial charge in [0.2, 0.25) is 0 Å². The lowest BCUT2D eigenvalue weighted by Gasteiger charge is -2.07. The lowest BCUT2D eigenvalue weighted by atomic mass is 10.1. The first-order chi connectivity index (χ1) is 7.90. The first-order valence-corrected chi connectivity index (χ1v) is 5.55. The quantitative estimate of drug-likeness (QED) is 0.373. The van der Waals surface area contributed by atoms with Crippen molar-refractivity contribution >= 4 is 27.7 Å². The second-order valence-electron chi connectivity index (χ2n) is 3.23. The van der Waals surface area contributed by atoms with Gasteiger partial charge in [-0.2, -0.15) is 0 Å². The topological polar surface area (TPSA) is 43.4 Å². The summed E-state index contributed by atoms with van der Waals surface area (Å²) in [6, 6.07) is 0.854. The molecule has 0 amide bonds. The second kappa shape index (κ2) is 5.35. The normalized spacial score (nSPS) is 10.2. The Morgan fingerprint density at radius 1 is 1.41 bits per heavy atom. The summed E-state index contributed by atoms with van der Waals surface area (Å²) >= 11 is 2.76. The number of carbonyl (C=O) groups excluding carboxylic acids is 2. The van der Waals surface area contributed by atoms with E-state index < -0.39 is 29.0 Å². The van der Waals surface area contributed by atoms with Gasteiger partial charge in [-0.05, 0) is 41.4 Å². The lowest BCUT2D eigenvalue weighted by molar-refractivity contribution is -0.137. The van der Waals surface area contributed by atoms with E-state index in [0.717, 1.165) is 6.07 Å². The Hall–Kier alpha value is -1.30. The Morgan fingerprint density at radius 3 is 2.53 bits per heavy atom. The smallest absolute Gasteiger partial charge is 0.379 e. The van der Waals surface area contributed by atoms with Crippen LogP contribution in [-0.2, 0) is 9.53 Å². The summed E-state index contributed by atoms with van der Waals surface area (Å²) in [5, 5.41) is 0. The van der Waals surface area contributed by atoms with Gasteiger partial charge < -0.3 is 4.74 Å². The SMILES string of the molecule is CCOC(=O)C(=O)c1c(F)cc(C)c(F)c1Br. The fraction of sp³-hybridized carbons (Fsp3) is 0.273. The summed E-state index contributed by atoms with van der Waals surface area (Å²) in [7, 11) is 0. The van der Waals surface area contributed by atoms with Gasteiger partial charge in [-0.25, -0.2) is 13.6 Å². The summed E-state index contributed by atoms with van der Waals surface area (Å²) in [5.41, 5.74) is -0.610. The largest absolute Gasteiger partial charge is 0.460 e. The maximum atomic E-state index is 13.5. The number of hydrogen-bond acceptors (Lipinski definition) is 3. The van der Waals surface area contributed by atoms with Gasteiger partial charge in [-0.1, -0.05) is 0 Å². The highest BCUT2D eigenvalue weighted by Crippen LogP contribution is 2.26. The van der Waals surface area contributed by atoms with Crippen LogP contribution < -0.4 is 0 Å². The minimum absolute atomic E-state index is 0.0157. The van der Waals surface area contributed by atoms with Crippen LogP contribution >= 0.6 is 15.9 Å². The highest BCUT2D eigenvalue weighted by atomic mass is 79.9. The van der Waals surface area contributed by atoms with Crippen LogP contribution in [0, 0.1) is 18.6 Å². The lowest BCUT2D eigenvalue weighted by Crippen LogP contribution is -2.20. The fourth-order valence-corrected chi connectivity index (χ4v) is 1.90. The molecule has 0 fully saturated rings. The zero-order valence-corrected chi connectivity index (χ0v) is 10.7. The number of benzene rings is 1. The van der Waals surface area contributed by atoms with E-state index >= 15 is 0 Å². The molecule has 1 aromatic carbocycles. The van der Waals surface area contributed by atoms with Crippen LogP contribution in [0.3, 0.4) is 0 Å². The minimum Gasteiger partial charge on any atom is -0.460 e. The summed E-state index contributed by atoms with van der Waals surface area (Å²) in [5.74, 6) is -4.17. The molecule has 0 aromatic heterocycles. The molecule has 0 bridgehead atoms. The summed E-state index contributed by atoms with van der Waals surface area (Å²) < 4.78 is 31.1. The maximum Gasteiger partial charge on any atom is 0.379 e. The van der Waals surface area contributed by atoms with Crippen molar-refractivity contribution < 1.29 is 23.1 Å². The van der Waals surface area contributed by atoms with Crippen LogP contribution in [0.15, 0.2) is 10.5 Å². The molecule has 3 nitrogen and oxygen atoms in total. The van der Waals surface area contributed by atoms with Gasteiger partial charge >= 0.3 is 5.97 Å². The third kappa shape index (κ3) is 2.69. The highest BCUT2D eigenvalue weighted by molar-refractivity contribution is 9.10. The van der Waals surface area contributed by atoms with Crippen molar-refractivity contribution in [3.63, 3.8) is 0 Å². The number of aryl methyl sites for hydroxylation is 1. The van der Waals surface area contributed by atoms with Gasteiger partial charge in [0.15, 0.2) is 0 Å². The summed E-state index contributed by atoms with van der Waals surface area (Å²) in [6.07, 6.45) is 0. The predicted molar refractivity (Wildman–Crippen MR) is 59.8 cm³/mol. The number of halogens is 3. The van der Waals surface area contributed by atoms with E-state index in [1.807, 2.05) is 0 Å². The average molecular weight is 307 g/mol. The Bertz CT molecular complexity index is 486. The van der Waals surface area contributed by atoms with Crippen molar-refractivity contribution in [2.45, 2.75) is 13.8 Å². The van der Waals surface area contributed by atoms with E-state index in [4.69, 9.17) is 0 Å². The molecule has 0 unspecified atom stereocenters. The Morgan fingerprint density at radius 2 is 2.00 bits per heavy atom. The standard InChI is InChI=1S/C11H9BrF2O3/c1-3-17-11(16)10(15)7-6(13)4-5(2)9(14)8(7)12/h4H,3H2,1-2H3. The van der Waals surface area contributed by atoms with Crippen molar-refractivity contribution in [2.75, 3.05) is 6.61 Å². The van der Waals surface area contributed by atoms with E-state index in [1.165, 1.54) is 13.8 Å². The molecule has 0 aliphatic carbocycles. The van der Waals surface area contributed by atoms with Crippen LogP contribution in [0.4, 0.5) is 8.78 Å². The molecule has 0 aliphatic heterocycles. The van der Waals surface area contributed by atoms with Crippen LogP contribution in [-0.4, -0.2) is 18.4 Å². The van der Waals surface area contributed by atoms with E-state index in [0.29, 0.717) is 0 Å². The minimum atomic E-state index is -1.21. The number of ether oxygens (including phenoxy) is 1. The second-order valence-corrected chi connectivity index (χ2v) is 4.02. The molecular weight excluding hydrogens is 298 g/mol. The molecule has 0 spiro atoms. The van der Waals surface area contributed by atoms with Crippen LogP contribution in [0.25, 0.3) is 0 Å². The summed E-state index contributed by atoms with van der Waals surface area (Å²) in [6.45, 7) is 2.84. The number of Topliss-reactive ketones (excluding diaryl/α,β-unsaturated/α-hetero) is 1. The molecular formula is C11H9BrF2O3. The summed E-state index contributed by atoms with van der Waals surface area (Å²) in [4.78, 5) is 22.7. The molecule has 0 atom stereocenters. The number of carbonyl (C=O) groups is 2. The van der Waals surface area contributed by atoms with Gasteiger partial charge in [-0.3, -0.25) is 4.79 Å². The highest BCUT2D eigenvalue weighted by Gasteiger charge is 2.26. The van der Waals surface area contributed by atoms with Crippen LogP contribution in [0.1, 0.15) is 22.8 Å². The van der Waals surface area contributed by atoms with Crippen LogP contribution in [0.5, 0.6) is 0 Å². The van der Waals surface area contributed by atoms with E-state index in [1.54, 1.807) is 0 Å². The number of rotatable bonds is 3. The number of esters is 1. The van der Waals surface area contributed by atoms with Gasteiger partial charge in [0.25, 0.3) is 5.78 Å². The zero-order chi connectivity index (χ0) is 13.2. The van der Waals surface area contributed by atoms with Gasteiger partial charge in [0.05, 0.1) is 16.6 Å². The van der Waals surface area contributed by atoms with Gasteiger partial charge in [-0.15, -0.1) is 0 Å². The first kappa shape index (κ1) is 13.8. The molecule has 92 valence electrons. The molecule has 0 N–H and O–H groups in total. The van der Waals surface area contributed by atoms with E-state index in [9.17, 15) is 18.4 Å². The molecule has 1 rings (SSSR count). The fourth-order valence-electron chi connectivity index (χ4n) is 1.22. The molecule has 0 saturated heterocycles. The molecule has 0 heterocycles. The zero-order valence-electron chi connectivity index (χ0n) is 9.14. The predicted octanol–water partition coefficient (Wildman–Crippen LogP) is 2.78. The first-order valence-electron chi connectivity index (χ1n) is 4.75. The third-order valence-electron chi connectivity index (χ3n) is 2.03. The van der Waals surface area contributed by atoms with Crippen molar-refractivity contribution in [2.24, 2.45) is 0 Å². The van der Waals surface area contributed by atoms with Crippen molar-refractivity contribution in [1.29, 1.82) is 0 Å². The maximum absolute atomic E-state index is 13.5. The van der Waals surface area contributed by atoms with Gasteiger partial charge in [0, 0.05) is 0 Å². The van der Waals surface area contributed by atoms with E-state index in [2.05, 4.69) is 20.7 Å². The third-order valence-corrected chi connectivity index (χ3v) is 2.77. The van der Waals surface area contributed by atoms with Gasteiger partial charge in [0.1, 0.15) is 11.6 Å². The van der Waals surface area contributed by atoms with Crippen molar-refractivity contribution in [1.82, 2.24) is 0 Å². The molecule has 6 heteroatoms. The average Bonchev–Trinajstić information content (AvgIpc) is 2.26. The molecule has 1 aromatic rings. The van der Waals surface area contributed by atoms with E-state index in [-0.39, 0.29) is 16.6 Å². The molecule has 0 saturated carbocycles. The Labute approximate surface area is 105 Å².